The van der Waals surface area contributed by atoms with Crippen molar-refractivity contribution >= 4 is 17.2 Å². The second-order valence-corrected chi connectivity index (χ2v) is 7.39. The van der Waals surface area contributed by atoms with Gasteiger partial charge in [0.05, 0.1) is 12.6 Å². The zero-order valence-corrected chi connectivity index (χ0v) is 16.1. The largest absolute Gasteiger partial charge is 0.454 e. The second-order valence-electron chi connectivity index (χ2n) is 6.41. The van der Waals surface area contributed by atoms with Crippen LogP contribution < -0.4 is 10.9 Å². The first-order valence-electron chi connectivity index (χ1n) is 8.94. The van der Waals surface area contributed by atoms with Gasteiger partial charge in [0.25, 0.3) is 11.5 Å². The van der Waals surface area contributed by atoms with Crippen molar-refractivity contribution in [2.45, 2.75) is 12.6 Å². The van der Waals surface area contributed by atoms with E-state index in [0.717, 1.165) is 10.4 Å². The lowest BCUT2D eigenvalue weighted by molar-refractivity contribution is 0.0913. The highest BCUT2D eigenvalue weighted by molar-refractivity contribution is 7.10. The molecule has 1 N–H and O–H groups in total. The van der Waals surface area contributed by atoms with Crippen molar-refractivity contribution in [1.82, 2.24) is 9.88 Å². The van der Waals surface area contributed by atoms with Crippen LogP contribution in [0.25, 0.3) is 0 Å². The molecule has 1 unspecified atom stereocenters. The summed E-state index contributed by atoms with van der Waals surface area (Å²) >= 11 is 1.50. The summed E-state index contributed by atoms with van der Waals surface area (Å²) in [6, 6.07) is 17.5. The summed E-state index contributed by atoms with van der Waals surface area (Å²) in [5, 5.41) is 4.86. The van der Waals surface area contributed by atoms with Crippen molar-refractivity contribution in [2.24, 2.45) is 0 Å². The molecule has 0 aliphatic rings. The predicted octanol–water partition coefficient (Wildman–Crippen LogP) is 4.21. The molecule has 4 aromatic rings. The third-order valence-corrected chi connectivity index (χ3v) is 5.35. The summed E-state index contributed by atoms with van der Waals surface area (Å²) in [5.74, 6) is -0.0817. The molecule has 1 amide bonds. The first kappa shape index (κ1) is 18.9. The van der Waals surface area contributed by atoms with Gasteiger partial charge < -0.3 is 14.3 Å². The number of thiophene rings is 1. The predicted molar refractivity (Wildman–Crippen MR) is 109 cm³/mol. The Labute approximate surface area is 170 Å². The van der Waals surface area contributed by atoms with Crippen LogP contribution in [0.15, 0.2) is 87.5 Å². The molecule has 1 aromatic carbocycles. The second kappa shape index (κ2) is 8.28. The Kier molecular flexibility index (Phi) is 5.39. The van der Waals surface area contributed by atoms with Gasteiger partial charge in [-0.3, -0.25) is 9.59 Å². The SMILES string of the molecule is O=C(NC(c1ccc(F)cc1)c1cccs1)c1ccc(Cn2ccccc2=O)o1. The average Bonchev–Trinajstić information content (AvgIpc) is 3.41. The smallest absolute Gasteiger partial charge is 0.287 e. The fourth-order valence-corrected chi connectivity index (χ4v) is 3.78. The summed E-state index contributed by atoms with van der Waals surface area (Å²) < 4.78 is 20.4. The van der Waals surface area contributed by atoms with E-state index in [-0.39, 0.29) is 29.6 Å². The zero-order chi connectivity index (χ0) is 20.2. The van der Waals surface area contributed by atoms with Gasteiger partial charge in [-0.25, -0.2) is 4.39 Å². The molecule has 0 radical (unpaired) electrons. The molecule has 0 bridgehead atoms. The van der Waals surface area contributed by atoms with Crippen LogP contribution in [-0.2, 0) is 6.54 Å². The zero-order valence-electron chi connectivity index (χ0n) is 15.2. The number of amides is 1. The van der Waals surface area contributed by atoms with Crippen molar-refractivity contribution in [3.63, 3.8) is 0 Å². The lowest BCUT2D eigenvalue weighted by atomic mass is 10.1. The topological polar surface area (TPSA) is 64.2 Å². The van der Waals surface area contributed by atoms with Crippen molar-refractivity contribution in [2.75, 3.05) is 0 Å². The maximum absolute atomic E-state index is 13.3. The van der Waals surface area contributed by atoms with Gasteiger partial charge in [-0.15, -0.1) is 11.3 Å². The van der Waals surface area contributed by atoms with E-state index in [4.69, 9.17) is 4.42 Å². The van der Waals surface area contributed by atoms with Gasteiger partial charge in [0.1, 0.15) is 11.6 Å². The van der Waals surface area contributed by atoms with Gasteiger partial charge in [0.15, 0.2) is 5.76 Å². The molecule has 0 spiro atoms. The molecule has 0 aliphatic heterocycles. The van der Waals surface area contributed by atoms with E-state index in [1.165, 1.54) is 34.1 Å². The third kappa shape index (κ3) is 4.35. The third-order valence-electron chi connectivity index (χ3n) is 4.42. The average molecular weight is 408 g/mol. The maximum Gasteiger partial charge on any atom is 0.287 e. The van der Waals surface area contributed by atoms with Crippen molar-refractivity contribution < 1.29 is 13.6 Å². The Bertz CT molecular complexity index is 1160. The first-order chi connectivity index (χ1) is 14.1. The number of rotatable bonds is 6. The molecule has 3 aromatic heterocycles. The maximum atomic E-state index is 13.3. The number of pyridine rings is 1. The molecule has 7 heteroatoms. The summed E-state index contributed by atoms with van der Waals surface area (Å²) in [5.41, 5.74) is 0.619. The number of benzene rings is 1. The first-order valence-corrected chi connectivity index (χ1v) is 9.82. The van der Waals surface area contributed by atoms with Crippen LogP contribution >= 0.6 is 11.3 Å². The molecule has 1 atom stereocenters. The minimum atomic E-state index is -0.423. The van der Waals surface area contributed by atoms with Gasteiger partial charge in [0, 0.05) is 17.1 Å². The Hall–Kier alpha value is -3.45. The summed E-state index contributed by atoms with van der Waals surface area (Å²) in [7, 11) is 0. The van der Waals surface area contributed by atoms with Gasteiger partial charge in [-0.2, -0.15) is 0 Å². The van der Waals surface area contributed by atoms with E-state index in [9.17, 15) is 14.0 Å². The van der Waals surface area contributed by atoms with Crippen molar-refractivity contribution in [3.05, 3.63) is 116 Å². The minimum Gasteiger partial charge on any atom is -0.454 e. The molecule has 5 nitrogen and oxygen atoms in total. The number of carbonyl (C=O) groups excluding carboxylic acids is 1. The number of aromatic nitrogens is 1. The van der Waals surface area contributed by atoms with Gasteiger partial charge >= 0.3 is 0 Å². The monoisotopic (exact) mass is 408 g/mol. The van der Waals surface area contributed by atoms with E-state index in [1.807, 2.05) is 17.5 Å². The molecule has 0 aliphatic carbocycles. The van der Waals surface area contributed by atoms with Crippen LogP contribution in [0.4, 0.5) is 4.39 Å². The Morgan fingerprint density at radius 2 is 1.90 bits per heavy atom. The molecule has 4 rings (SSSR count). The van der Waals surface area contributed by atoms with Crippen LogP contribution in [0.5, 0.6) is 0 Å². The number of nitrogens with zero attached hydrogens (tertiary/aromatic N) is 1. The number of carbonyl (C=O) groups is 1. The molecular formula is C22H17FN2O3S. The van der Waals surface area contributed by atoms with Crippen LogP contribution in [0.1, 0.15) is 32.8 Å². The summed E-state index contributed by atoms with van der Waals surface area (Å²) in [4.78, 5) is 25.5. The van der Waals surface area contributed by atoms with Crippen LogP contribution in [-0.4, -0.2) is 10.5 Å². The number of nitrogens with one attached hydrogen (secondary N) is 1. The number of furan rings is 1. The molecular weight excluding hydrogens is 391 g/mol. The van der Waals surface area contributed by atoms with E-state index in [0.29, 0.717) is 5.76 Å². The summed E-state index contributed by atoms with van der Waals surface area (Å²) in [6.45, 7) is 0.235. The number of hydrogen-bond acceptors (Lipinski definition) is 4. The lowest BCUT2D eigenvalue weighted by Crippen LogP contribution is -2.28. The van der Waals surface area contributed by atoms with Crippen LogP contribution in [0.2, 0.25) is 0 Å². The standard InChI is InChI=1S/C22H17FN2O3S/c23-16-8-6-15(7-9-16)21(19-4-3-13-29-19)24-22(27)18-11-10-17(28-18)14-25-12-2-1-5-20(25)26/h1-13,21H,14H2,(H,24,27). The van der Waals surface area contributed by atoms with Crippen LogP contribution in [0, 0.1) is 5.82 Å². The molecule has 146 valence electrons. The van der Waals surface area contributed by atoms with Crippen LogP contribution in [0.3, 0.4) is 0 Å². The molecule has 0 saturated heterocycles. The van der Waals surface area contributed by atoms with Gasteiger partial charge in [-0.1, -0.05) is 24.3 Å². The number of halogens is 1. The quantitative estimate of drug-likeness (QED) is 0.520. The minimum absolute atomic E-state index is 0.146. The van der Waals surface area contributed by atoms with E-state index in [1.54, 1.807) is 42.6 Å². The Balaban J connectivity index is 1.54. The lowest BCUT2D eigenvalue weighted by Gasteiger charge is -2.17. The Morgan fingerprint density at radius 3 is 2.62 bits per heavy atom. The molecule has 3 heterocycles. The van der Waals surface area contributed by atoms with Gasteiger partial charge in [-0.05, 0) is 47.3 Å². The fourth-order valence-electron chi connectivity index (χ4n) is 2.98. The molecule has 0 saturated carbocycles. The highest BCUT2D eigenvalue weighted by Gasteiger charge is 2.21. The number of hydrogen-bond donors (Lipinski definition) is 1. The highest BCUT2D eigenvalue weighted by atomic mass is 32.1. The van der Waals surface area contributed by atoms with Gasteiger partial charge in [0.2, 0.25) is 0 Å². The molecule has 0 fully saturated rings. The van der Waals surface area contributed by atoms with Crippen molar-refractivity contribution in [1.29, 1.82) is 0 Å². The van der Waals surface area contributed by atoms with Crippen molar-refractivity contribution in [3.8, 4) is 0 Å². The highest BCUT2D eigenvalue weighted by Crippen LogP contribution is 2.27. The van der Waals surface area contributed by atoms with E-state index >= 15 is 0 Å². The molecule has 29 heavy (non-hydrogen) atoms. The van der Waals surface area contributed by atoms with E-state index < -0.39 is 6.04 Å². The Morgan fingerprint density at radius 1 is 1.07 bits per heavy atom. The normalized spacial score (nSPS) is 11.9. The summed E-state index contributed by atoms with van der Waals surface area (Å²) in [6.07, 6.45) is 1.66. The van der Waals surface area contributed by atoms with E-state index in [2.05, 4.69) is 5.32 Å². The fraction of sp³-hybridized carbons (Fsp3) is 0.0909.